The zero-order chi connectivity index (χ0) is 22.5. The minimum absolute atomic E-state index is 0.194. The standard InChI is InChI=1S/C25H23N3O3S/c1-3-16-11-12-22-21(13-16)27-24(31-22)18-8-5-9-19(14-18)26-25(32)28-23(29)17-7-6-10-20(15-17)30-4-2/h5-15H,3-4H2,1-2H3,(H2,26,28,29,32). The maximum absolute atomic E-state index is 12.5. The van der Waals surface area contributed by atoms with E-state index in [0.717, 1.165) is 23.1 Å². The molecular formula is C25H23N3O3S. The average Bonchev–Trinajstić information content (AvgIpc) is 3.23. The van der Waals surface area contributed by atoms with E-state index < -0.39 is 0 Å². The first-order valence-electron chi connectivity index (χ1n) is 10.4. The van der Waals surface area contributed by atoms with Crippen LogP contribution in [0.4, 0.5) is 5.69 Å². The molecule has 0 fully saturated rings. The van der Waals surface area contributed by atoms with Gasteiger partial charge in [-0.3, -0.25) is 10.1 Å². The van der Waals surface area contributed by atoms with E-state index in [1.807, 2.05) is 49.4 Å². The molecule has 1 aromatic heterocycles. The second-order valence-electron chi connectivity index (χ2n) is 7.12. The number of rotatable bonds is 6. The molecule has 0 unspecified atom stereocenters. The van der Waals surface area contributed by atoms with Gasteiger partial charge >= 0.3 is 0 Å². The first-order valence-corrected chi connectivity index (χ1v) is 10.8. The number of anilines is 1. The minimum Gasteiger partial charge on any atom is -0.494 e. The van der Waals surface area contributed by atoms with Crippen molar-refractivity contribution in [3.63, 3.8) is 0 Å². The number of hydrogen-bond donors (Lipinski definition) is 2. The van der Waals surface area contributed by atoms with Gasteiger partial charge in [0, 0.05) is 16.8 Å². The molecule has 0 atom stereocenters. The monoisotopic (exact) mass is 445 g/mol. The van der Waals surface area contributed by atoms with Gasteiger partial charge in [-0.1, -0.05) is 25.1 Å². The van der Waals surface area contributed by atoms with E-state index in [0.29, 0.717) is 29.5 Å². The molecule has 1 amide bonds. The number of oxazole rings is 1. The second-order valence-corrected chi connectivity index (χ2v) is 7.53. The smallest absolute Gasteiger partial charge is 0.257 e. The molecule has 0 saturated carbocycles. The Morgan fingerprint density at radius 3 is 2.72 bits per heavy atom. The first kappa shape index (κ1) is 21.5. The van der Waals surface area contributed by atoms with Gasteiger partial charge in [0.2, 0.25) is 5.89 Å². The molecule has 2 N–H and O–H groups in total. The molecule has 0 aliphatic carbocycles. The predicted octanol–water partition coefficient (Wildman–Crippen LogP) is 5.58. The fourth-order valence-corrected chi connectivity index (χ4v) is 3.49. The molecule has 0 saturated heterocycles. The van der Waals surface area contributed by atoms with Crippen LogP contribution in [0, 0.1) is 0 Å². The van der Waals surface area contributed by atoms with Gasteiger partial charge in [-0.15, -0.1) is 0 Å². The summed E-state index contributed by atoms with van der Waals surface area (Å²) < 4.78 is 11.4. The van der Waals surface area contributed by atoms with Crippen LogP contribution in [-0.2, 0) is 6.42 Å². The predicted molar refractivity (Wildman–Crippen MR) is 130 cm³/mol. The molecule has 4 aromatic rings. The Morgan fingerprint density at radius 1 is 1.06 bits per heavy atom. The molecule has 0 spiro atoms. The van der Waals surface area contributed by atoms with Gasteiger partial charge in [-0.25, -0.2) is 4.98 Å². The highest BCUT2D eigenvalue weighted by Gasteiger charge is 2.12. The number of carbonyl (C=O) groups is 1. The maximum Gasteiger partial charge on any atom is 0.257 e. The molecule has 3 aromatic carbocycles. The Kier molecular flexibility index (Phi) is 6.47. The number of amides is 1. The van der Waals surface area contributed by atoms with E-state index in [4.69, 9.17) is 21.4 Å². The average molecular weight is 446 g/mol. The van der Waals surface area contributed by atoms with Crippen molar-refractivity contribution in [3.05, 3.63) is 77.9 Å². The fraction of sp³-hybridized carbons (Fsp3) is 0.160. The third-order valence-corrected chi connectivity index (χ3v) is 5.07. The number of carbonyl (C=O) groups excluding carboxylic acids is 1. The summed E-state index contributed by atoms with van der Waals surface area (Å²) in [5.74, 6) is 0.849. The maximum atomic E-state index is 12.5. The van der Waals surface area contributed by atoms with Crippen LogP contribution in [0.25, 0.3) is 22.6 Å². The minimum atomic E-state index is -0.314. The van der Waals surface area contributed by atoms with Gasteiger partial charge in [0.05, 0.1) is 6.61 Å². The second kappa shape index (κ2) is 9.62. The topological polar surface area (TPSA) is 76.4 Å². The van der Waals surface area contributed by atoms with E-state index >= 15 is 0 Å². The third-order valence-electron chi connectivity index (χ3n) is 4.86. The summed E-state index contributed by atoms with van der Waals surface area (Å²) in [6.45, 7) is 4.53. The van der Waals surface area contributed by atoms with Crippen LogP contribution < -0.4 is 15.4 Å². The molecule has 6 nitrogen and oxygen atoms in total. The van der Waals surface area contributed by atoms with Crippen LogP contribution in [0.1, 0.15) is 29.8 Å². The molecule has 0 radical (unpaired) electrons. The lowest BCUT2D eigenvalue weighted by atomic mass is 10.1. The molecule has 4 rings (SSSR count). The quantitative estimate of drug-likeness (QED) is 0.377. The highest BCUT2D eigenvalue weighted by atomic mass is 32.1. The van der Waals surface area contributed by atoms with Crippen LogP contribution in [0.5, 0.6) is 5.75 Å². The summed E-state index contributed by atoms with van der Waals surface area (Å²) in [7, 11) is 0. The number of thiocarbonyl (C=S) groups is 1. The normalized spacial score (nSPS) is 10.7. The molecule has 0 aliphatic rings. The number of nitrogens with zero attached hydrogens (tertiary/aromatic N) is 1. The summed E-state index contributed by atoms with van der Waals surface area (Å²) in [6, 6.07) is 20.5. The number of hydrogen-bond acceptors (Lipinski definition) is 5. The lowest BCUT2D eigenvalue weighted by Crippen LogP contribution is -2.34. The molecule has 0 aliphatic heterocycles. The van der Waals surface area contributed by atoms with Gasteiger partial charge in [-0.2, -0.15) is 0 Å². The molecular weight excluding hydrogens is 422 g/mol. The largest absolute Gasteiger partial charge is 0.494 e. The van der Waals surface area contributed by atoms with Gasteiger partial charge in [0.1, 0.15) is 11.3 Å². The van der Waals surface area contributed by atoms with Crippen LogP contribution in [0.2, 0.25) is 0 Å². The molecule has 7 heteroatoms. The molecule has 32 heavy (non-hydrogen) atoms. The van der Waals surface area contributed by atoms with Crippen molar-refractivity contribution in [1.29, 1.82) is 0 Å². The highest BCUT2D eigenvalue weighted by molar-refractivity contribution is 7.80. The Bertz CT molecular complexity index is 1280. The van der Waals surface area contributed by atoms with Gasteiger partial charge in [0.15, 0.2) is 10.7 Å². The van der Waals surface area contributed by atoms with Crippen LogP contribution in [0.15, 0.2) is 71.1 Å². The summed E-state index contributed by atoms with van der Waals surface area (Å²) in [4.78, 5) is 17.1. The number of fused-ring (bicyclic) bond motifs is 1. The SMILES string of the molecule is CCOc1cccc(C(=O)NC(=S)Nc2cccc(-c3nc4cc(CC)ccc4o3)c2)c1. The zero-order valence-electron chi connectivity index (χ0n) is 17.8. The van der Waals surface area contributed by atoms with Crippen molar-refractivity contribution in [3.8, 4) is 17.2 Å². The Balaban J connectivity index is 1.46. The Hall–Kier alpha value is -3.71. The Labute approximate surface area is 191 Å². The number of aromatic nitrogens is 1. The lowest BCUT2D eigenvalue weighted by Gasteiger charge is -2.11. The van der Waals surface area contributed by atoms with E-state index in [1.165, 1.54) is 5.56 Å². The van der Waals surface area contributed by atoms with Crippen molar-refractivity contribution < 1.29 is 13.9 Å². The van der Waals surface area contributed by atoms with Gasteiger partial charge in [0.25, 0.3) is 5.91 Å². The van der Waals surface area contributed by atoms with Crippen molar-refractivity contribution in [2.24, 2.45) is 0 Å². The number of nitrogens with one attached hydrogen (secondary N) is 2. The number of ether oxygens (including phenoxy) is 1. The van der Waals surface area contributed by atoms with Crippen molar-refractivity contribution in [1.82, 2.24) is 10.3 Å². The van der Waals surface area contributed by atoms with Gasteiger partial charge < -0.3 is 14.5 Å². The van der Waals surface area contributed by atoms with Crippen LogP contribution >= 0.6 is 12.2 Å². The molecule has 0 bridgehead atoms. The summed E-state index contributed by atoms with van der Waals surface area (Å²) in [5, 5.41) is 5.93. The van der Waals surface area contributed by atoms with Crippen molar-refractivity contribution >= 4 is 40.0 Å². The lowest BCUT2D eigenvalue weighted by molar-refractivity contribution is 0.0977. The van der Waals surface area contributed by atoms with E-state index in [-0.39, 0.29) is 11.0 Å². The van der Waals surface area contributed by atoms with E-state index in [2.05, 4.69) is 22.5 Å². The summed E-state index contributed by atoms with van der Waals surface area (Å²) in [5.41, 5.74) is 4.77. The van der Waals surface area contributed by atoms with E-state index in [1.54, 1.807) is 24.3 Å². The van der Waals surface area contributed by atoms with Crippen molar-refractivity contribution in [2.75, 3.05) is 11.9 Å². The third kappa shape index (κ3) is 4.95. The number of benzene rings is 3. The van der Waals surface area contributed by atoms with Crippen LogP contribution in [0.3, 0.4) is 0 Å². The molecule has 162 valence electrons. The first-order chi connectivity index (χ1) is 15.6. The highest BCUT2D eigenvalue weighted by Crippen LogP contribution is 2.27. The fourth-order valence-electron chi connectivity index (χ4n) is 3.28. The summed E-state index contributed by atoms with van der Waals surface area (Å²) in [6.07, 6.45) is 0.941. The van der Waals surface area contributed by atoms with Gasteiger partial charge in [-0.05, 0) is 79.7 Å². The Morgan fingerprint density at radius 2 is 1.91 bits per heavy atom. The summed E-state index contributed by atoms with van der Waals surface area (Å²) >= 11 is 5.32. The van der Waals surface area contributed by atoms with Crippen LogP contribution in [-0.4, -0.2) is 22.6 Å². The number of aryl methyl sites for hydroxylation is 1. The zero-order valence-corrected chi connectivity index (χ0v) is 18.7. The molecule has 1 heterocycles. The van der Waals surface area contributed by atoms with Crippen molar-refractivity contribution in [2.45, 2.75) is 20.3 Å². The van der Waals surface area contributed by atoms with E-state index in [9.17, 15) is 4.79 Å².